The van der Waals surface area contributed by atoms with Crippen molar-refractivity contribution in [3.63, 3.8) is 0 Å². The first kappa shape index (κ1) is 24.7. The van der Waals surface area contributed by atoms with Gasteiger partial charge in [0.1, 0.15) is 5.75 Å². The van der Waals surface area contributed by atoms with Gasteiger partial charge in [-0.05, 0) is 49.1 Å². The molecule has 0 radical (unpaired) electrons. The number of benzene rings is 1. The number of aliphatic imine (C=N–C) groups is 1. The van der Waals surface area contributed by atoms with Crippen LogP contribution in [-0.2, 0) is 13.0 Å². The summed E-state index contributed by atoms with van der Waals surface area (Å²) < 4.78 is 5.20. The van der Waals surface area contributed by atoms with Crippen molar-refractivity contribution >= 4 is 41.5 Å². The first-order valence-electron chi connectivity index (χ1n) is 10.1. The Balaban J connectivity index is 0.00000320. The number of hydrogen-bond donors (Lipinski definition) is 2. The fourth-order valence-corrected chi connectivity index (χ4v) is 3.78. The highest BCUT2D eigenvalue weighted by atomic mass is 127. The number of aromatic nitrogens is 1. The first-order valence-corrected chi connectivity index (χ1v) is 10.5. The van der Waals surface area contributed by atoms with Crippen LogP contribution in [0.4, 0.5) is 0 Å². The highest BCUT2D eigenvalue weighted by Gasteiger charge is 2.20. The number of nitrogens with one attached hydrogen (secondary N) is 2. The van der Waals surface area contributed by atoms with Gasteiger partial charge in [0.15, 0.2) is 5.96 Å². The number of nitrogens with zero attached hydrogens (tertiary/aromatic N) is 3. The van der Waals surface area contributed by atoms with Crippen molar-refractivity contribution in [1.82, 2.24) is 20.5 Å². The molecule has 0 unspecified atom stereocenters. The molecule has 1 aliphatic heterocycles. The van der Waals surface area contributed by atoms with E-state index in [1.807, 2.05) is 43.6 Å². The number of guanidine groups is 1. The predicted molar refractivity (Wildman–Crippen MR) is 134 cm³/mol. The molecule has 1 aliphatic rings. The molecular weight excluding hydrogens is 513 g/mol. The monoisotopic (exact) mass is 543 g/mol. The standard InChI is InChI=1S/C22H30ClN5O.HI/c1-24-22(26-12-8-17-6-7-20(29-2)15-21(17)23)27-18-9-13-28(14-10-18)16-19-5-3-4-11-25-19;/h3-7,11,15,18H,8-10,12-14,16H2,1-2H3,(H2,24,26,27);1H. The summed E-state index contributed by atoms with van der Waals surface area (Å²) in [5.74, 6) is 1.62. The Morgan fingerprint density at radius 1 is 1.27 bits per heavy atom. The highest BCUT2D eigenvalue weighted by molar-refractivity contribution is 14.0. The molecule has 1 aromatic heterocycles. The third-order valence-electron chi connectivity index (χ3n) is 5.21. The minimum absolute atomic E-state index is 0. The number of rotatable bonds is 7. The summed E-state index contributed by atoms with van der Waals surface area (Å²) in [6.07, 6.45) is 4.88. The van der Waals surface area contributed by atoms with Crippen LogP contribution in [0.15, 0.2) is 47.6 Å². The molecule has 1 aromatic carbocycles. The maximum absolute atomic E-state index is 6.32. The third-order valence-corrected chi connectivity index (χ3v) is 5.56. The van der Waals surface area contributed by atoms with E-state index in [1.54, 1.807) is 7.11 Å². The summed E-state index contributed by atoms with van der Waals surface area (Å²) in [5, 5.41) is 7.68. The van der Waals surface area contributed by atoms with Gasteiger partial charge in [-0.3, -0.25) is 14.9 Å². The van der Waals surface area contributed by atoms with Crippen molar-refractivity contribution < 1.29 is 4.74 Å². The van der Waals surface area contributed by atoms with E-state index in [1.165, 1.54) is 0 Å². The quantitative estimate of drug-likeness (QED) is 0.317. The summed E-state index contributed by atoms with van der Waals surface area (Å²) in [5.41, 5.74) is 2.23. The molecule has 30 heavy (non-hydrogen) atoms. The van der Waals surface area contributed by atoms with Crippen molar-refractivity contribution in [2.24, 2.45) is 4.99 Å². The van der Waals surface area contributed by atoms with E-state index in [0.717, 1.165) is 73.4 Å². The molecule has 0 amide bonds. The minimum Gasteiger partial charge on any atom is -0.497 e. The van der Waals surface area contributed by atoms with Gasteiger partial charge in [-0.25, -0.2) is 0 Å². The van der Waals surface area contributed by atoms with Crippen LogP contribution < -0.4 is 15.4 Å². The van der Waals surface area contributed by atoms with Crippen LogP contribution in [0.3, 0.4) is 0 Å². The first-order chi connectivity index (χ1) is 14.2. The SMILES string of the molecule is CN=C(NCCc1ccc(OC)cc1Cl)NC1CCN(Cc2ccccn2)CC1.I. The van der Waals surface area contributed by atoms with Crippen LogP contribution in [0.25, 0.3) is 0 Å². The van der Waals surface area contributed by atoms with E-state index in [0.29, 0.717) is 6.04 Å². The predicted octanol–water partition coefficient (Wildman–Crippen LogP) is 3.73. The maximum atomic E-state index is 6.32. The second-order valence-electron chi connectivity index (χ2n) is 7.22. The van der Waals surface area contributed by atoms with Crippen molar-refractivity contribution in [3.8, 4) is 5.75 Å². The second kappa shape index (κ2) is 13.0. The Morgan fingerprint density at radius 3 is 2.70 bits per heavy atom. The molecule has 2 aromatic rings. The second-order valence-corrected chi connectivity index (χ2v) is 7.63. The van der Waals surface area contributed by atoms with Gasteiger partial charge < -0.3 is 15.4 Å². The molecule has 0 spiro atoms. The van der Waals surface area contributed by atoms with Gasteiger partial charge >= 0.3 is 0 Å². The van der Waals surface area contributed by atoms with Crippen LogP contribution >= 0.6 is 35.6 Å². The third kappa shape index (κ3) is 7.59. The van der Waals surface area contributed by atoms with Crippen LogP contribution in [0.1, 0.15) is 24.1 Å². The Labute approximate surface area is 201 Å². The molecule has 164 valence electrons. The topological polar surface area (TPSA) is 61.8 Å². The Bertz CT molecular complexity index is 797. The molecule has 0 aliphatic carbocycles. The number of methoxy groups -OCH3 is 1. The van der Waals surface area contributed by atoms with Crippen LogP contribution in [0, 0.1) is 0 Å². The van der Waals surface area contributed by atoms with Gasteiger partial charge in [-0.2, -0.15) is 0 Å². The molecule has 0 bridgehead atoms. The molecule has 8 heteroatoms. The molecule has 1 saturated heterocycles. The molecule has 0 atom stereocenters. The van der Waals surface area contributed by atoms with E-state index in [4.69, 9.17) is 16.3 Å². The molecule has 2 N–H and O–H groups in total. The Morgan fingerprint density at radius 2 is 2.07 bits per heavy atom. The normalized spacial score (nSPS) is 15.4. The molecule has 1 fully saturated rings. The Hall–Kier alpha value is -1.58. The van der Waals surface area contributed by atoms with Gasteiger partial charge in [-0.15, -0.1) is 24.0 Å². The number of halogens is 2. The lowest BCUT2D eigenvalue weighted by atomic mass is 10.0. The number of pyridine rings is 1. The van der Waals surface area contributed by atoms with Crippen molar-refractivity contribution in [3.05, 3.63) is 58.9 Å². The van der Waals surface area contributed by atoms with Gasteiger partial charge in [0, 0.05) is 50.5 Å². The average Bonchev–Trinajstić information content (AvgIpc) is 2.76. The summed E-state index contributed by atoms with van der Waals surface area (Å²) in [7, 11) is 3.46. The van der Waals surface area contributed by atoms with E-state index in [9.17, 15) is 0 Å². The molecule has 2 heterocycles. The zero-order valence-corrected chi connectivity index (χ0v) is 20.7. The lowest BCUT2D eigenvalue weighted by Crippen LogP contribution is -2.48. The van der Waals surface area contributed by atoms with E-state index in [-0.39, 0.29) is 24.0 Å². The van der Waals surface area contributed by atoms with E-state index in [2.05, 4.69) is 31.6 Å². The summed E-state index contributed by atoms with van der Waals surface area (Å²) >= 11 is 6.32. The van der Waals surface area contributed by atoms with Crippen LogP contribution in [0.5, 0.6) is 5.75 Å². The fourth-order valence-electron chi connectivity index (χ4n) is 3.52. The average molecular weight is 544 g/mol. The molecule has 6 nitrogen and oxygen atoms in total. The summed E-state index contributed by atoms with van der Waals surface area (Å²) in [6, 6.07) is 12.3. The zero-order chi connectivity index (χ0) is 20.5. The van der Waals surface area contributed by atoms with Crippen molar-refractivity contribution in [2.45, 2.75) is 31.8 Å². The number of ether oxygens (including phenoxy) is 1. The van der Waals surface area contributed by atoms with E-state index >= 15 is 0 Å². The lowest BCUT2D eigenvalue weighted by molar-refractivity contribution is 0.196. The number of likely N-dealkylation sites (tertiary alicyclic amines) is 1. The van der Waals surface area contributed by atoms with Gasteiger partial charge in [0.25, 0.3) is 0 Å². The molecular formula is C22H31ClIN5O. The zero-order valence-electron chi connectivity index (χ0n) is 17.6. The lowest BCUT2D eigenvalue weighted by Gasteiger charge is -2.32. The Kier molecular flexibility index (Phi) is 10.7. The largest absolute Gasteiger partial charge is 0.497 e. The van der Waals surface area contributed by atoms with Gasteiger partial charge in [0.2, 0.25) is 0 Å². The van der Waals surface area contributed by atoms with Gasteiger partial charge in [-0.1, -0.05) is 23.7 Å². The fraction of sp³-hybridized carbons (Fsp3) is 0.455. The number of hydrogen-bond acceptors (Lipinski definition) is 4. The number of piperidine rings is 1. The molecule has 3 rings (SSSR count). The maximum Gasteiger partial charge on any atom is 0.191 e. The molecule has 0 saturated carbocycles. The van der Waals surface area contributed by atoms with Gasteiger partial charge in [0.05, 0.1) is 12.8 Å². The van der Waals surface area contributed by atoms with Crippen LogP contribution in [0.2, 0.25) is 5.02 Å². The van der Waals surface area contributed by atoms with Crippen molar-refractivity contribution in [1.29, 1.82) is 0 Å². The van der Waals surface area contributed by atoms with E-state index < -0.39 is 0 Å². The highest BCUT2D eigenvalue weighted by Crippen LogP contribution is 2.22. The van der Waals surface area contributed by atoms with Crippen molar-refractivity contribution in [2.75, 3.05) is 33.8 Å². The van der Waals surface area contributed by atoms with Crippen LogP contribution in [-0.4, -0.2) is 55.7 Å². The smallest absolute Gasteiger partial charge is 0.191 e. The summed E-state index contributed by atoms with van der Waals surface area (Å²) in [4.78, 5) is 11.3. The summed E-state index contributed by atoms with van der Waals surface area (Å²) in [6.45, 7) is 3.81. The minimum atomic E-state index is 0.